The predicted molar refractivity (Wildman–Crippen MR) is 92.9 cm³/mol. The Bertz CT molecular complexity index is 609. The number of carbonyl (C=O) groups excluding carboxylic acids is 1. The topological polar surface area (TPSA) is 55.6 Å². The monoisotopic (exact) mass is 312 g/mol. The molecular formula is C19H24N2O2. The normalized spacial score (nSPS) is 12.2. The number of hydrogen-bond donors (Lipinski definition) is 1. The molecule has 1 atom stereocenters. The van der Waals surface area contributed by atoms with E-state index in [9.17, 15) is 4.79 Å². The molecule has 122 valence electrons. The summed E-state index contributed by atoms with van der Waals surface area (Å²) in [6, 6.07) is 16.5. The van der Waals surface area contributed by atoms with Gasteiger partial charge in [-0.2, -0.15) is 0 Å². The largest absolute Gasteiger partial charge is 0.492 e. The fourth-order valence-corrected chi connectivity index (χ4v) is 2.24. The van der Waals surface area contributed by atoms with E-state index in [0.29, 0.717) is 18.6 Å². The van der Waals surface area contributed by atoms with E-state index in [1.165, 1.54) is 0 Å². The van der Waals surface area contributed by atoms with Gasteiger partial charge in [-0.05, 0) is 50.3 Å². The Morgan fingerprint density at radius 2 is 1.74 bits per heavy atom. The molecule has 0 aliphatic rings. The van der Waals surface area contributed by atoms with Crippen LogP contribution in [-0.4, -0.2) is 44.0 Å². The van der Waals surface area contributed by atoms with Crippen molar-refractivity contribution >= 4 is 5.78 Å². The first-order valence-corrected chi connectivity index (χ1v) is 7.77. The fraction of sp³-hybridized carbons (Fsp3) is 0.316. The van der Waals surface area contributed by atoms with Gasteiger partial charge < -0.3 is 15.4 Å². The molecule has 0 aliphatic carbocycles. The van der Waals surface area contributed by atoms with Crippen LogP contribution in [0.2, 0.25) is 0 Å². The number of nitrogens with two attached hydrogens (primary N) is 1. The van der Waals surface area contributed by atoms with Crippen LogP contribution in [0.5, 0.6) is 5.75 Å². The number of ketones is 1. The van der Waals surface area contributed by atoms with E-state index >= 15 is 0 Å². The summed E-state index contributed by atoms with van der Waals surface area (Å²) in [4.78, 5) is 14.4. The standard InChI is InChI=1S/C19H24N2O2/c1-21(2)12-13-23-17-10-8-16(9-11-17)19(22)18(20)14-15-6-4-3-5-7-15/h3-11,18H,12-14,20H2,1-2H3. The van der Waals surface area contributed by atoms with Crippen molar-refractivity contribution in [3.05, 3.63) is 65.7 Å². The average Bonchev–Trinajstić information content (AvgIpc) is 2.55. The zero-order valence-electron chi connectivity index (χ0n) is 13.7. The van der Waals surface area contributed by atoms with Gasteiger partial charge in [0.05, 0.1) is 6.04 Å². The molecule has 2 aromatic carbocycles. The van der Waals surface area contributed by atoms with Gasteiger partial charge in [-0.1, -0.05) is 30.3 Å². The highest BCUT2D eigenvalue weighted by Gasteiger charge is 2.16. The summed E-state index contributed by atoms with van der Waals surface area (Å²) >= 11 is 0. The second-order valence-corrected chi connectivity index (χ2v) is 5.84. The van der Waals surface area contributed by atoms with Gasteiger partial charge in [-0.15, -0.1) is 0 Å². The van der Waals surface area contributed by atoms with E-state index in [1.807, 2.05) is 56.6 Å². The van der Waals surface area contributed by atoms with Crippen molar-refractivity contribution < 1.29 is 9.53 Å². The number of likely N-dealkylation sites (N-methyl/N-ethyl adjacent to an activating group) is 1. The quantitative estimate of drug-likeness (QED) is 0.760. The molecule has 4 nitrogen and oxygen atoms in total. The van der Waals surface area contributed by atoms with Gasteiger partial charge in [-0.25, -0.2) is 0 Å². The first kappa shape index (κ1) is 17.2. The van der Waals surface area contributed by atoms with Crippen LogP contribution < -0.4 is 10.5 Å². The first-order valence-electron chi connectivity index (χ1n) is 7.77. The smallest absolute Gasteiger partial charge is 0.179 e. The van der Waals surface area contributed by atoms with Crippen LogP contribution in [0.25, 0.3) is 0 Å². The second-order valence-electron chi connectivity index (χ2n) is 5.84. The number of Topliss-reactive ketones (excluding diaryl/α,β-unsaturated/α-hetero) is 1. The molecule has 2 rings (SSSR count). The van der Waals surface area contributed by atoms with Crippen LogP contribution in [0.15, 0.2) is 54.6 Å². The van der Waals surface area contributed by atoms with Crippen molar-refractivity contribution in [2.75, 3.05) is 27.2 Å². The zero-order valence-corrected chi connectivity index (χ0v) is 13.7. The third-order valence-electron chi connectivity index (χ3n) is 3.58. The maximum Gasteiger partial charge on any atom is 0.179 e. The van der Waals surface area contributed by atoms with E-state index in [4.69, 9.17) is 10.5 Å². The molecule has 0 saturated heterocycles. The lowest BCUT2D eigenvalue weighted by Crippen LogP contribution is -2.32. The summed E-state index contributed by atoms with van der Waals surface area (Å²) in [5.41, 5.74) is 7.73. The second kappa shape index (κ2) is 8.46. The number of ether oxygens (including phenoxy) is 1. The van der Waals surface area contributed by atoms with Crippen LogP contribution in [0.1, 0.15) is 15.9 Å². The number of carbonyl (C=O) groups is 1. The Hall–Kier alpha value is -2.17. The van der Waals surface area contributed by atoms with E-state index in [1.54, 1.807) is 12.1 Å². The number of hydrogen-bond acceptors (Lipinski definition) is 4. The van der Waals surface area contributed by atoms with Gasteiger partial charge in [0, 0.05) is 12.1 Å². The molecule has 0 saturated carbocycles. The Balaban J connectivity index is 1.91. The highest BCUT2D eigenvalue weighted by Crippen LogP contribution is 2.14. The Kier molecular flexibility index (Phi) is 6.32. The lowest BCUT2D eigenvalue weighted by Gasteiger charge is -2.13. The van der Waals surface area contributed by atoms with E-state index in [-0.39, 0.29) is 5.78 Å². The minimum atomic E-state index is -0.530. The summed E-state index contributed by atoms with van der Waals surface area (Å²) in [5, 5.41) is 0. The molecule has 23 heavy (non-hydrogen) atoms. The third kappa shape index (κ3) is 5.51. The van der Waals surface area contributed by atoms with E-state index in [2.05, 4.69) is 4.90 Å². The molecular weight excluding hydrogens is 288 g/mol. The van der Waals surface area contributed by atoms with Gasteiger partial charge in [0.15, 0.2) is 5.78 Å². The summed E-state index contributed by atoms with van der Waals surface area (Å²) in [5.74, 6) is 0.716. The molecule has 1 unspecified atom stereocenters. The molecule has 4 heteroatoms. The van der Waals surface area contributed by atoms with Crippen LogP contribution in [-0.2, 0) is 6.42 Å². The average molecular weight is 312 g/mol. The first-order chi connectivity index (χ1) is 11.1. The summed E-state index contributed by atoms with van der Waals surface area (Å²) in [7, 11) is 4.00. The lowest BCUT2D eigenvalue weighted by molar-refractivity contribution is 0.0961. The molecule has 0 aromatic heterocycles. The molecule has 0 amide bonds. The van der Waals surface area contributed by atoms with Gasteiger partial charge in [0.25, 0.3) is 0 Å². The Labute approximate surface area is 137 Å². The van der Waals surface area contributed by atoms with E-state index in [0.717, 1.165) is 17.9 Å². The zero-order chi connectivity index (χ0) is 16.7. The van der Waals surface area contributed by atoms with Gasteiger partial charge in [0.2, 0.25) is 0 Å². The van der Waals surface area contributed by atoms with Crippen LogP contribution in [0.3, 0.4) is 0 Å². The van der Waals surface area contributed by atoms with Gasteiger partial charge >= 0.3 is 0 Å². The molecule has 0 bridgehead atoms. The highest BCUT2D eigenvalue weighted by atomic mass is 16.5. The van der Waals surface area contributed by atoms with Gasteiger partial charge in [0.1, 0.15) is 12.4 Å². The summed E-state index contributed by atoms with van der Waals surface area (Å²) in [6.45, 7) is 1.47. The molecule has 2 aromatic rings. The Morgan fingerprint density at radius 3 is 2.35 bits per heavy atom. The number of nitrogens with zero attached hydrogens (tertiary/aromatic N) is 1. The number of rotatable bonds is 8. The van der Waals surface area contributed by atoms with Crippen LogP contribution in [0.4, 0.5) is 0 Å². The maximum atomic E-state index is 12.4. The maximum absolute atomic E-state index is 12.4. The number of benzene rings is 2. The van der Waals surface area contributed by atoms with Crippen LogP contribution >= 0.6 is 0 Å². The van der Waals surface area contributed by atoms with E-state index < -0.39 is 6.04 Å². The van der Waals surface area contributed by atoms with Crippen LogP contribution in [0, 0.1) is 0 Å². The van der Waals surface area contributed by atoms with Crippen molar-refractivity contribution in [3.8, 4) is 5.75 Å². The molecule has 0 spiro atoms. The van der Waals surface area contributed by atoms with Crippen molar-refractivity contribution in [2.45, 2.75) is 12.5 Å². The molecule has 0 heterocycles. The fourth-order valence-electron chi connectivity index (χ4n) is 2.24. The highest BCUT2D eigenvalue weighted by molar-refractivity contribution is 6.00. The third-order valence-corrected chi connectivity index (χ3v) is 3.58. The minimum Gasteiger partial charge on any atom is -0.492 e. The van der Waals surface area contributed by atoms with Crippen molar-refractivity contribution in [1.82, 2.24) is 4.90 Å². The predicted octanol–water partition coefficient (Wildman–Crippen LogP) is 2.38. The van der Waals surface area contributed by atoms with Crippen molar-refractivity contribution in [2.24, 2.45) is 5.73 Å². The molecule has 0 aliphatic heterocycles. The molecule has 2 N–H and O–H groups in total. The van der Waals surface area contributed by atoms with Gasteiger partial charge in [-0.3, -0.25) is 4.79 Å². The van der Waals surface area contributed by atoms with Crippen molar-refractivity contribution in [3.63, 3.8) is 0 Å². The SMILES string of the molecule is CN(C)CCOc1ccc(C(=O)C(N)Cc2ccccc2)cc1. The molecule has 0 radical (unpaired) electrons. The molecule has 0 fully saturated rings. The Morgan fingerprint density at radius 1 is 1.09 bits per heavy atom. The minimum absolute atomic E-state index is 0.0475. The van der Waals surface area contributed by atoms with Crippen molar-refractivity contribution in [1.29, 1.82) is 0 Å². The lowest BCUT2D eigenvalue weighted by atomic mass is 9.98. The summed E-state index contributed by atoms with van der Waals surface area (Å²) in [6.07, 6.45) is 0.542. The summed E-state index contributed by atoms with van der Waals surface area (Å²) < 4.78 is 5.62.